The molecule has 1 unspecified atom stereocenters. The van der Waals surface area contributed by atoms with Gasteiger partial charge in [-0.15, -0.1) is 18.1 Å². The number of terminal acetylenes is 1. The second-order valence-corrected chi connectivity index (χ2v) is 14.5. The molecule has 0 spiro atoms. The Labute approximate surface area is 160 Å². The molecule has 0 fully saturated rings. The molecule has 0 aromatic heterocycles. The second-order valence-electron chi connectivity index (χ2n) is 7.82. The van der Waals surface area contributed by atoms with Gasteiger partial charge in [0.05, 0.1) is 11.0 Å². The van der Waals surface area contributed by atoms with Crippen molar-refractivity contribution in [2.24, 2.45) is 0 Å². The van der Waals surface area contributed by atoms with Crippen LogP contribution in [0.5, 0.6) is 0 Å². The lowest BCUT2D eigenvalue weighted by molar-refractivity contribution is 0.208. The first-order chi connectivity index (χ1) is 12.0. The predicted octanol–water partition coefficient (Wildman–Crippen LogP) is 5.32. The van der Waals surface area contributed by atoms with Crippen LogP contribution in [-0.4, -0.2) is 22.8 Å². The molecule has 26 heavy (non-hydrogen) atoms. The maximum absolute atomic E-state index is 13.1. The first-order valence-electron chi connectivity index (χ1n) is 8.78. The lowest BCUT2D eigenvalue weighted by Crippen LogP contribution is -2.45. The van der Waals surface area contributed by atoms with Crippen LogP contribution in [-0.2, 0) is 14.3 Å². The lowest BCUT2D eigenvalue weighted by Gasteiger charge is -2.39. The molecule has 1 rings (SSSR count). The summed E-state index contributed by atoms with van der Waals surface area (Å²) < 4.78 is 32.7. The molecule has 0 aliphatic carbocycles. The molecule has 0 aliphatic heterocycles. The van der Waals surface area contributed by atoms with Crippen molar-refractivity contribution in [1.82, 2.24) is 0 Å². The van der Waals surface area contributed by atoms with Crippen LogP contribution in [0.2, 0.25) is 18.1 Å². The van der Waals surface area contributed by atoms with Crippen LogP contribution in [0.3, 0.4) is 0 Å². The Hall–Kier alpha value is -1.57. The van der Waals surface area contributed by atoms with Crippen molar-refractivity contribution in [3.63, 3.8) is 0 Å². The largest absolute Gasteiger partial charge is 0.409 e. The Morgan fingerprint density at radius 2 is 1.85 bits per heavy atom. The van der Waals surface area contributed by atoms with Crippen molar-refractivity contribution in [2.75, 3.05) is 0 Å². The molecular formula is C21H30O3SSi. The van der Waals surface area contributed by atoms with E-state index in [-0.39, 0.29) is 14.8 Å². The maximum atomic E-state index is 13.1. The minimum absolute atomic E-state index is 0.0415. The minimum atomic E-state index is -3.72. The normalized spacial score (nSPS) is 13.5. The summed E-state index contributed by atoms with van der Waals surface area (Å²) in [6.07, 6.45) is 6.56. The highest BCUT2D eigenvalue weighted by atomic mass is 32.2. The third-order valence-corrected chi connectivity index (χ3v) is 11.2. The fourth-order valence-electron chi connectivity index (χ4n) is 2.27. The van der Waals surface area contributed by atoms with Crippen molar-refractivity contribution in [3.8, 4) is 12.3 Å². The van der Waals surface area contributed by atoms with E-state index < -0.39 is 24.3 Å². The Kier molecular flexibility index (Phi) is 7.67. The summed E-state index contributed by atoms with van der Waals surface area (Å²) in [7, 11) is -5.91. The summed E-state index contributed by atoms with van der Waals surface area (Å²) in [6, 6.07) is 8.35. The standard InChI is InChI=1S/C21H30O3SSi/c1-8-10-12-17-19(24-26(6,7)21(3,4)5)20(9-2)25(22,23)18-15-13-11-14-16-18/h1,11,13-16,19H,2,10,12,17H2,3-7H3. The van der Waals surface area contributed by atoms with Crippen molar-refractivity contribution >= 4 is 18.2 Å². The van der Waals surface area contributed by atoms with E-state index in [1.54, 1.807) is 30.3 Å². The smallest absolute Gasteiger partial charge is 0.212 e. The Balaban J connectivity index is 3.31. The van der Waals surface area contributed by atoms with Gasteiger partial charge in [0, 0.05) is 6.42 Å². The van der Waals surface area contributed by atoms with E-state index >= 15 is 0 Å². The van der Waals surface area contributed by atoms with Gasteiger partial charge in [-0.3, -0.25) is 0 Å². The van der Waals surface area contributed by atoms with Crippen LogP contribution in [0.15, 0.2) is 52.4 Å². The van der Waals surface area contributed by atoms with E-state index in [9.17, 15) is 8.42 Å². The number of hydrogen-bond donors (Lipinski definition) is 0. The van der Waals surface area contributed by atoms with Crippen LogP contribution >= 0.6 is 0 Å². The molecule has 5 heteroatoms. The molecule has 0 radical (unpaired) electrons. The van der Waals surface area contributed by atoms with E-state index in [2.05, 4.69) is 52.1 Å². The molecule has 0 aliphatic rings. The molecular weight excluding hydrogens is 360 g/mol. The minimum Gasteiger partial charge on any atom is -0.409 e. The van der Waals surface area contributed by atoms with Crippen LogP contribution in [0.1, 0.15) is 40.0 Å². The zero-order valence-corrected chi connectivity index (χ0v) is 18.3. The Morgan fingerprint density at radius 3 is 2.31 bits per heavy atom. The third kappa shape index (κ3) is 5.46. The van der Waals surface area contributed by atoms with Gasteiger partial charge in [-0.2, -0.15) is 0 Å². The zero-order valence-electron chi connectivity index (χ0n) is 16.5. The average Bonchev–Trinajstić information content (AvgIpc) is 2.54. The highest BCUT2D eigenvalue weighted by molar-refractivity contribution is 7.95. The highest BCUT2D eigenvalue weighted by Crippen LogP contribution is 2.39. The summed E-state index contributed by atoms with van der Waals surface area (Å²) in [5, 5.41) is -0.0415. The summed E-state index contributed by atoms with van der Waals surface area (Å²) in [4.78, 5) is 0.331. The summed E-state index contributed by atoms with van der Waals surface area (Å²) in [5.41, 5.74) is 2.67. The quantitative estimate of drug-likeness (QED) is 0.261. The zero-order chi connectivity index (χ0) is 20.0. The molecule has 0 bridgehead atoms. The summed E-state index contributed by atoms with van der Waals surface area (Å²) in [5.74, 6) is 2.60. The van der Waals surface area contributed by atoms with Crippen molar-refractivity contribution in [3.05, 3.63) is 47.5 Å². The summed E-state index contributed by atoms with van der Waals surface area (Å²) >= 11 is 0. The number of sulfone groups is 1. The molecule has 142 valence electrons. The highest BCUT2D eigenvalue weighted by Gasteiger charge is 2.41. The summed E-state index contributed by atoms with van der Waals surface area (Å²) in [6.45, 7) is 14.2. The van der Waals surface area contributed by atoms with Crippen LogP contribution in [0.25, 0.3) is 0 Å². The first-order valence-corrected chi connectivity index (χ1v) is 13.2. The van der Waals surface area contributed by atoms with Gasteiger partial charge in [-0.25, -0.2) is 8.42 Å². The molecule has 1 aromatic rings. The van der Waals surface area contributed by atoms with E-state index in [0.717, 1.165) is 0 Å². The van der Waals surface area contributed by atoms with Gasteiger partial charge in [0.15, 0.2) is 8.32 Å². The SMILES string of the molecule is C#CCCCC(O[Si](C)(C)C(C)(C)C)C(=C=C)S(=O)(=O)c1ccccc1. The van der Waals surface area contributed by atoms with Gasteiger partial charge in [0.25, 0.3) is 0 Å². The molecule has 3 nitrogen and oxygen atoms in total. The Bertz CT molecular complexity index is 790. The van der Waals surface area contributed by atoms with Gasteiger partial charge in [0.2, 0.25) is 9.84 Å². The monoisotopic (exact) mass is 390 g/mol. The number of rotatable bonds is 8. The van der Waals surface area contributed by atoms with Gasteiger partial charge in [-0.1, -0.05) is 45.5 Å². The first kappa shape index (κ1) is 22.5. The topological polar surface area (TPSA) is 43.4 Å². The maximum Gasteiger partial charge on any atom is 0.212 e. The van der Waals surface area contributed by atoms with E-state index in [1.165, 1.54) is 0 Å². The fraction of sp³-hybridized carbons (Fsp3) is 0.476. The number of benzene rings is 1. The number of unbranched alkanes of at least 4 members (excludes halogenated alkanes) is 1. The van der Waals surface area contributed by atoms with E-state index in [0.29, 0.717) is 19.3 Å². The van der Waals surface area contributed by atoms with Gasteiger partial charge >= 0.3 is 0 Å². The number of hydrogen-bond acceptors (Lipinski definition) is 3. The van der Waals surface area contributed by atoms with Gasteiger partial charge in [0.1, 0.15) is 4.91 Å². The molecule has 0 saturated carbocycles. The molecule has 0 saturated heterocycles. The molecule has 1 atom stereocenters. The van der Waals surface area contributed by atoms with Crippen LogP contribution in [0, 0.1) is 12.3 Å². The van der Waals surface area contributed by atoms with E-state index in [1.807, 2.05) is 0 Å². The molecule has 0 N–H and O–H groups in total. The van der Waals surface area contributed by atoms with Crippen molar-refractivity contribution < 1.29 is 12.8 Å². The second kappa shape index (κ2) is 8.88. The van der Waals surface area contributed by atoms with Crippen molar-refractivity contribution in [1.29, 1.82) is 0 Å². The average molecular weight is 391 g/mol. The van der Waals surface area contributed by atoms with Gasteiger partial charge in [-0.05, 0) is 43.1 Å². The lowest BCUT2D eigenvalue weighted by atomic mass is 10.1. The molecule has 0 heterocycles. The van der Waals surface area contributed by atoms with E-state index in [4.69, 9.17) is 10.8 Å². The predicted molar refractivity (Wildman–Crippen MR) is 111 cm³/mol. The molecule has 1 aromatic carbocycles. The molecule has 0 amide bonds. The van der Waals surface area contributed by atoms with Crippen LogP contribution in [0.4, 0.5) is 0 Å². The van der Waals surface area contributed by atoms with Crippen molar-refractivity contribution in [2.45, 2.75) is 69.2 Å². The Morgan fingerprint density at radius 1 is 1.27 bits per heavy atom. The fourth-order valence-corrected chi connectivity index (χ4v) is 5.13. The third-order valence-electron chi connectivity index (χ3n) is 4.84. The van der Waals surface area contributed by atoms with Crippen LogP contribution < -0.4 is 0 Å². The van der Waals surface area contributed by atoms with Gasteiger partial charge < -0.3 is 4.43 Å².